The minimum atomic E-state index is 0.345. The highest BCUT2D eigenvalue weighted by atomic mass is 16.4. The Morgan fingerprint density at radius 2 is 1.72 bits per heavy atom. The van der Waals surface area contributed by atoms with Crippen LogP contribution in [0.5, 0.6) is 0 Å². The molecule has 0 bridgehead atoms. The van der Waals surface area contributed by atoms with Crippen LogP contribution in [-0.4, -0.2) is 32.8 Å². The lowest BCUT2D eigenvalue weighted by Crippen LogP contribution is -2.38. The Hall–Kier alpha value is -3.28. The first kappa shape index (κ1) is 17.8. The Balaban J connectivity index is 1.60. The summed E-state index contributed by atoms with van der Waals surface area (Å²) in [5, 5.41) is 9.52. The first-order valence-corrected chi connectivity index (χ1v) is 10.1. The first-order chi connectivity index (χ1) is 14.2. The van der Waals surface area contributed by atoms with Crippen LogP contribution in [0.15, 0.2) is 52.9 Å². The van der Waals surface area contributed by atoms with Crippen molar-refractivity contribution in [1.29, 1.82) is 0 Å². The van der Waals surface area contributed by atoms with Gasteiger partial charge in [-0.15, -0.1) is 10.2 Å². The van der Waals surface area contributed by atoms with Gasteiger partial charge in [-0.25, -0.2) is 9.97 Å². The van der Waals surface area contributed by atoms with E-state index in [1.165, 1.54) is 24.8 Å². The van der Waals surface area contributed by atoms with Crippen molar-refractivity contribution >= 4 is 16.7 Å². The molecule has 6 heteroatoms. The molecule has 1 fully saturated rings. The molecule has 1 aliphatic rings. The third kappa shape index (κ3) is 3.35. The normalized spacial score (nSPS) is 17.0. The van der Waals surface area contributed by atoms with E-state index in [0.29, 0.717) is 23.6 Å². The van der Waals surface area contributed by atoms with E-state index in [1.807, 2.05) is 42.5 Å². The van der Waals surface area contributed by atoms with E-state index < -0.39 is 0 Å². The molecule has 0 saturated carbocycles. The molecule has 6 nitrogen and oxygen atoms in total. The lowest BCUT2D eigenvalue weighted by molar-refractivity contribution is 0.482. The number of para-hydroxylation sites is 1. The van der Waals surface area contributed by atoms with E-state index in [-0.39, 0.29) is 0 Å². The average Bonchev–Trinajstić information content (AvgIpc) is 3.24. The predicted octanol–water partition coefficient (Wildman–Crippen LogP) is 5.03. The molecule has 0 unspecified atom stereocenters. The molecular formula is C23H23N5O. The Kier molecular flexibility index (Phi) is 4.46. The van der Waals surface area contributed by atoms with Crippen molar-refractivity contribution in [3.8, 4) is 23.2 Å². The maximum atomic E-state index is 5.95. The van der Waals surface area contributed by atoms with Crippen molar-refractivity contribution in [3.05, 3.63) is 54.1 Å². The molecule has 0 aliphatic carbocycles. The summed E-state index contributed by atoms with van der Waals surface area (Å²) in [5.41, 5.74) is 2.96. The van der Waals surface area contributed by atoms with Gasteiger partial charge in [-0.2, -0.15) is 0 Å². The molecule has 1 saturated heterocycles. The fraction of sp³-hybridized carbons (Fsp3) is 0.304. The molecule has 5 rings (SSSR count). The van der Waals surface area contributed by atoms with Gasteiger partial charge in [0.05, 0.1) is 5.52 Å². The van der Waals surface area contributed by atoms with Gasteiger partial charge in [0.1, 0.15) is 5.82 Å². The highest BCUT2D eigenvalue weighted by Crippen LogP contribution is 2.32. The Morgan fingerprint density at radius 3 is 2.55 bits per heavy atom. The second kappa shape index (κ2) is 7.28. The van der Waals surface area contributed by atoms with Crippen LogP contribution in [0.4, 0.5) is 5.82 Å². The van der Waals surface area contributed by atoms with E-state index in [9.17, 15) is 0 Å². The SMILES string of the molecule is Cc1ccc(-c2nnc(-c3nc(N4CCCC[C@@H]4C)c4ccccc4n3)o2)cc1. The standard InChI is InChI=1S/C23H23N5O/c1-15-10-12-17(13-11-15)22-26-27-23(29-22)20-24-19-9-4-3-8-18(19)21(25-20)28-14-6-5-7-16(28)2/h3-4,8-13,16H,5-7,14H2,1-2H3/t16-/m0/s1. The van der Waals surface area contributed by atoms with E-state index in [2.05, 4.69) is 35.0 Å². The molecule has 2 aromatic carbocycles. The van der Waals surface area contributed by atoms with Crippen molar-refractivity contribution in [1.82, 2.24) is 20.2 Å². The summed E-state index contributed by atoms with van der Waals surface area (Å²) in [6.45, 7) is 5.31. The maximum Gasteiger partial charge on any atom is 0.286 e. The highest BCUT2D eigenvalue weighted by Gasteiger charge is 2.24. The minimum Gasteiger partial charge on any atom is -0.413 e. The molecule has 146 valence electrons. The van der Waals surface area contributed by atoms with Crippen molar-refractivity contribution < 1.29 is 4.42 Å². The molecule has 0 spiro atoms. The summed E-state index contributed by atoms with van der Waals surface area (Å²) < 4.78 is 5.95. The fourth-order valence-corrected chi connectivity index (χ4v) is 3.91. The molecule has 1 aliphatic heterocycles. The van der Waals surface area contributed by atoms with Gasteiger partial charge in [-0.05, 0) is 57.4 Å². The summed E-state index contributed by atoms with van der Waals surface area (Å²) in [6, 6.07) is 16.6. The van der Waals surface area contributed by atoms with Gasteiger partial charge in [-0.1, -0.05) is 29.8 Å². The van der Waals surface area contributed by atoms with Gasteiger partial charge in [0.25, 0.3) is 5.89 Å². The Morgan fingerprint density at radius 1 is 0.931 bits per heavy atom. The van der Waals surface area contributed by atoms with Gasteiger partial charge in [0.15, 0.2) is 0 Å². The van der Waals surface area contributed by atoms with Gasteiger partial charge in [0.2, 0.25) is 11.7 Å². The lowest BCUT2D eigenvalue weighted by atomic mass is 10.0. The number of piperidine rings is 1. The molecule has 4 aromatic rings. The van der Waals surface area contributed by atoms with Crippen LogP contribution in [0.1, 0.15) is 31.7 Å². The monoisotopic (exact) mass is 385 g/mol. The number of fused-ring (bicyclic) bond motifs is 1. The highest BCUT2D eigenvalue weighted by molar-refractivity contribution is 5.90. The average molecular weight is 385 g/mol. The number of nitrogens with zero attached hydrogens (tertiary/aromatic N) is 5. The zero-order valence-corrected chi connectivity index (χ0v) is 16.7. The van der Waals surface area contributed by atoms with Crippen molar-refractivity contribution in [2.24, 2.45) is 0 Å². The van der Waals surface area contributed by atoms with E-state index in [0.717, 1.165) is 28.8 Å². The first-order valence-electron chi connectivity index (χ1n) is 10.1. The second-order valence-corrected chi connectivity index (χ2v) is 7.70. The zero-order chi connectivity index (χ0) is 19.8. The summed E-state index contributed by atoms with van der Waals surface area (Å²) >= 11 is 0. The van der Waals surface area contributed by atoms with Crippen LogP contribution in [0.2, 0.25) is 0 Å². The number of anilines is 1. The fourth-order valence-electron chi connectivity index (χ4n) is 3.91. The summed E-state index contributed by atoms with van der Waals surface area (Å²) in [5.74, 6) is 2.25. The summed E-state index contributed by atoms with van der Waals surface area (Å²) in [7, 11) is 0. The molecule has 0 amide bonds. The molecule has 2 aromatic heterocycles. The zero-order valence-electron chi connectivity index (χ0n) is 16.7. The van der Waals surface area contributed by atoms with Gasteiger partial charge >= 0.3 is 0 Å². The van der Waals surface area contributed by atoms with Crippen LogP contribution < -0.4 is 4.90 Å². The molecule has 1 atom stereocenters. The number of hydrogen-bond donors (Lipinski definition) is 0. The number of aromatic nitrogens is 4. The third-order valence-electron chi connectivity index (χ3n) is 5.57. The minimum absolute atomic E-state index is 0.345. The second-order valence-electron chi connectivity index (χ2n) is 7.70. The summed E-state index contributed by atoms with van der Waals surface area (Å²) in [6.07, 6.45) is 3.61. The summed E-state index contributed by atoms with van der Waals surface area (Å²) in [4.78, 5) is 12.0. The number of rotatable bonds is 3. The van der Waals surface area contributed by atoms with Gasteiger partial charge < -0.3 is 9.32 Å². The van der Waals surface area contributed by atoms with Crippen LogP contribution in [0.3, 0.4) is 0 Å². The Bertz CT molecular complexity index is 1150. The van der Waals surface area contributed by atoms with Crippen LogP contribution >= 0.6 is 0 Å². The van der Waals surface area contributed by atoms with Crippen LogP contribution in [-0.2, 0) is 0 Å². The molecular weight excluding hydrogens is 362 g/mol. The van der Waals surface area contributed by atoms with Crippen molar-refractivity contribution in [2.45, 2.75) is 39.2 Å². The topological polar surface area (TPSA) is 67.9 Å². The molecule has 0 radical (unpaired) electrons. The smallest absolute Gasteiger partial charge is 0.286 e. The molecule has 29 heavy (non-hydrogen) atoms. The largest absolute Gasteiger partial charge is 0.413 e. The van der Waals surface area contributed by atoms with Crippen molar-refractivity contribution in [2.75, 3.05) is 11.4 Å². The van der Waals surface area contributed by atoms with Gasteiger partial charge in [0, 0.05) is 23.5 Å². The van der Waals surface area contributed by atoms with E-state index in [1.54, 1.807) is 0 Å². The van der Waals surface area contributed by atoms with Crippen molar-refractivity contribution in [3.63, 3.8) is 0 Å². The van der Waals surface area contributed by atoms with E-state index >= 15 is 0 Å². The maximum absolute atomic E-state index is 5.95. The molecule has 3 heterocycles. The van der Waals surface area contributed by atoms with Crippen LogP contribution in [0.25, 0.3) is 34.1 Å². The van der Waals surface area contributed by atoms with Crippen LogP contribution in [0, 0.1) is 6.92 Å². The third-order valence-corrected chi connectivity index (χ3v) is 5.57. The molecule has 0 N–H and O–H groups in total. The Labute approximate surface area is 169 Å². The van der Waals surface area contributed by atoms with Gasteiger partial charge in [-0.3, -0.25) is 0 Å². The number of hydrogen-bond acceptors (Lipinski definition) is 6. The van der Waals surface area contributed by atoms with E-state index in [4.69, 9.17) is 14.4 Å². The predicted molar refractivity (Wildman–Crippen MR) is 114 cm³/mol. The number of benzene rings is 2. The number of aryl methyl sites for hydroxylation is 1. The quantitative estimate of drug-likeness (QED) is 0.492. The lowest BCUT2D eigenvalue weighted by Gasteiger charge is -2.35.